The molecule has 134 valence electrons. The Balaban J connectivity index is 1.67. The monoisotopic (exact) mass is 361 g/mol. The van der Waals surface area contributed by atoms with Gasteiger partial charge in [0.15, 0.2) is 5.82 Å². The number of benzene rings is 2. The number of nitrogens with zero attached hydrogens (tertiary/aromatic N) is 5. The van der Waals surface area contributed by atoms with Crippen molar-refractivity contribution in [3.05, 3.63) is 65.9 Å². The van der Waals surface area contributed by atoms with Crippen molar-refractivity contribution in [1.29, 1.82) is 0 Å². The predicted molar refractivity (Wildman–Crippen MR) is 98.6 cm³/mol. The van der Waals surface area contributed by atoms with E-state index in [1.165, 1.54) is 11.0 Å². The summed E-state index contributed by atoms with van der Waals surface area (Å²) in [5.41, 5.74) is 8.76. The lowest BCUT2D eigenvalue weighted by Crippen LogP contribution is -2.16. The molecule has 4 aromatic rings. The number of fused-ring (bicyclic) bond motifs is 1. The van der Waals surface area contributed by atoms with Crippen molar-refractivity contribution in [2.24, 2.45) is 5.73 Å². The molecule has 0 unspecified atom stereocenters. The molecule has 0 spiro atoms. The normalized spacial score (nSPS) is 10.7. The molecule has 1 amide bonds. The maximum Gasteiger partial charge on any atom is 0.347 e. The van der Waals surface area contributed by atoms with Crippen LogP contribution in [0.1, 0.15) is 15.9 Å². The number of aromatic nitrogens is 5. The molecule has 0 aliphatic carbocycles. The van der Waals surface area contributed by atoms with Gasteiger partial charge in [-0.3, -0.25) is 4.79 Å². The third-order valence-electron chi connectivity index (χ3n) is 3.84. The molecule has 2 heterocycles. The quantitative estimate of drug-likeness (QED) is 0.559. The molecule has 0 atom stereocenters. The average molecular weight is 361 g/mol. The molecule has 0 bridgehead atoms. The van der Waals surface area contributed by atoms with Gasteiger partial charge in [0, 0.05) is 11.9 Å². The van der Waals surface area contributed by atoms with Crippen molar-refractivity contribution >= 4 is 28.4 Å². The van der Waals surface area contributed by atoms with Gasteiger partial charge in [0.25, 0.3) is 5.91 Å². The van der Waals surface area contributed by atoms with E-state index in [0.29, 0.717) is 11.0 Å². The Morgan fingerprint density at radius 3 is 2.70 bits per heavy atom. The van der Waals surface area contributed by atoms with Gasteiger partial charge >= 0.3 is 6.01 Å². The van der Waals surface area contributed by atoms with Gasteiger partial charge in [-0.15, -0.1) is 5.10 Å². The minimum atomic E-state index is -0.651. The minimum Gasteiger partial charge on any atom is -0.365 e. The highest BCUT2D eigenvalue weighted by Crippen LogP contribution is 2.21. The van der Waals surface area contributed by atoms with E-state index in [2.05, 4.69) is 25.6 Å². The van der Waals surface area contributed by atoms with Crippen molar-refractivity contribution in [2.45, 2.75) is 6.92 Å². The first-order chi connectivity index (χ1) is 13.1. The highest BCUT2D eigenvalue weighted by molar-refractivity contribution is 5.97. The zero-order valence-corrected chi connectivity index (χ0v) is 14.3. The number of anilines is 2. The van der Waals surface area contributed by atoms with Crippen LogP contribution in [0, 0.1) is 6.92 Å². The van der Waals surface area contributed by atoms with Crippen LogP contribution in [0.2, 0.25) is 0 Å². The molecule has 2 aromatic carbocycles. The van der Waals surface area contributed by atoms with Gasteiger partial charge in [-0.1, -0.05) is 34.7 Å². The number of para-hydroxylation sites is 1. The molecule has 9 heteroatoms. The van der Waals surface area contributed by atoms with Crippen LogP contribution in [-0.4, -0.2) is 31.0 Å². The first-order valence-electron chi connectivity index (χ1n) is 8.09. The number of carbonyl (C=O) groups is 1. The number of aryl methyl sites for hydroxylation is 1. The fraction of sp³-hybridized carbons (Fsp3) is 0.0556. The Morgan fingerprint density at radius 1 is 1.15 bits per heavy atom. The number of nitrogens with two attached hydrogens (primary N) is 1. The van der Waals surface area contributed by atoms with Crippen LogP contribution in [0.15, 0.2) is 54.7 Å². The molecule has 0 aliphatic heterocycles. The van der Waals surface area contributed by atoms with E-state index in [4.69, 9.17) is 10.6 Å². The molecular weight excluding hydrogens is 346 g/mol. The van der Waals surface area contributed by atoms with Crippen LogP contribution in [-0.2, 0) is 0 Å². The molecule has 0 saturated carbocycles. The summed E-state index contributed by atoms with van der Waals surface area (Å²) in [5, 5.41) is 11.0. The first kappa shape index (κ1) is 16.5. The lowest BCUT2D eigenvalue weighted by Gasteiger charge is -2.10. The highest BCUT2D eigenvalue weighted by atomic mass is 16.7. The van der Waals surface area contributed by atoms with Crippen LogP contribution < -0.4 is 15.9 Å². The number of nitrogens with one attached hydrogen (secondary N) is 1. The van der Waals surface area contributed by atoms with Crippen molar-refractivity contribution in [2.75, 3.05) is 5.32 Å². The standard InChI is InChI=1S/C18H15N7O2/c1-11-6-8-12(9-7-11)21-17-13(16(19)26)10-20-18(22-17)27-25-15-5-3-2-4-14(15)23-24-25/h2-10H,1H3,(H2,19,26)(H,20,21,22). The lowest BCUT2D eigenvalue weighted by molar-refractivity contribution is 0.1000. The van der Waals surface area contributed by atoms with Crippen LogP contribution in [0.4, 0.5) is 11.5 Å². The number of rotatable bonds is 5. The van der Waals surface area contributed by atoms with E-state index >= 15 is 0 Å². The third kappa shape index (κ3) is 3.38. The molecule has 2 aromatic heterocycles. The Morgan fingerprint density at radius 2 is 1.93 bits per heavy atom. The van der Waals surface area contributed by atoms with Gasteiger partial charge < -0.3 is 15.9 Å². The molecule has 0 saturated heterocycles. The Labute approximate surface area is 153 Å². The second-order valence-electron chi connectivity index (χ2n) is 5.81. The van der Waals surface area contributed by atoms with Gasteiger partial charge in [0.1, 0.15) is 16.6 Å². The number of carbonyl (C=O) groups excluding carboxylic acids is 1. The van der Waals surface area contributed by atoms with Crippen molar-refractivity contribution in [1.82, 2.24) is 25.1 Å². The SMILES string of the molecule is Cc1ccc(Nc2nc(On3nnc4ccccc43)ncc2C(N)=O)cc1. The molecule has 0 radical (unpaired) electrons. The van der Waals surface area contributed by atoms with E-state index in [0.717, 1.165) is 11.3 Å². The number of hydrogen-bond acceptors (Lipinski definition) is 7. The molecule has 4 rings (SSSR count). The summed E-state index contributed by atoms with van der Waals surface area (Å²) in [6, 6.07) is 14.9. The number of amides is 1. The zero-order chi connectivity index (χ0) is 18.8. The van der Waals surface area contributed by atoms with Gasteiger partial charge in [-0.2, -0.15) is 4.98 Å². The molecule has 9 nitrogen and oxygen atoms in total. The first-order valence-corrected chi connectivity index (χ1v) is 8.09. The maximum absolute atomic E-state index is 11.7. The Bertz CT molecular complexity index is 1120. The van der Waals surface area contributed by atoms with E-state index in [-0.39, 0.29) is 17.4 Å². The summed E-state index contributed by atoms with van der Waals surface area (Å²) in [6.07, 6.45) is 1.31. The summed E-state index contributed by atoms with van der Waals surface area (Å²) in [7, 11) is 0. The predicted octanol–water partition coefficient (Wildman–Crippen LogP) is 2.21. The van der Waals surface area contributed by atoms with E-state index in [9.17, 15) is 4.79 Å². The summed E-state index contributed by atoms with van der Waals surface area (Å²) in [6.45, 7) is 1.98. The molecule has 0 fully saturated rings. The van der Waals surface area contributed by atoms with Crippen LogP contribution in [0.25, 0.3) is 11.0 Å². The van der Waals surface area contributed by atoms with Crippen molar-refractivity contribution in [3.8, 4) is 6.01 Å². The van der Waals surface area contributed by atoms with E-state index in [1.807, 2.05) is 49.4 Å². The highest BCUT2D eigenvalue weighted by Gasteiger charge is 2.15. The summed E-state index contributed by atoms with van der Waals surface area (Å²) < 4.78 is 0. The van der Waals surface area contributed by atoms with Crippen LogP contribution in [0.5, 0.6) is 6.01 Å². The lowest BCUT2D eigenvalue weighted by atomic mass is 10.2. The zero-order valence-electron chi connectivity index (χ0n) is 14.3. The van der Waals surface area contributed by atoms with Gasteiger partial charge in [-0.05, 0) is 36.4 Å². The average Bonchev–Trinajstić information content (AvgIpc) is 3.07. The summed E-state index contributed by atoms with van der Waals surface area (Å²) in [5.74, 6) is -0.414. The van der Waals surface area contributed by atoms with Gasteiger partial charge in [-0.25, -0.2) is 4.98 Å². The topological polar surface area (TPSA) is 121 Å². The molecule has 27 heavy (non-hydrogen) atoms. The molecular formula is C18H15N7O2. The number of primary amides is 1. The minimum absolute atomic E-state index is 0.00901. The van der Waals surface area contributed by atoms with Crippen molar-refractivity contribution < 1.29 is 9.63 Å². The Kier molecular flexibility index (Phi) is 4.09. The van der Waals surface area contributed by atoms with E-state index in [1.54, 1.807) is 6.07 Å². The van der Waals surface area contributed by atoms with Gasteiger partial charge in [0.05, 0.1) is 0 Å². The fourth-order valence-electron chi connectivity index (χ4n) is 2.45. The third-order valence-corrected chi connectivity index (χ3v) is 3.84. The largest absolute Gasteiger partial charge is 0.365 e. The molecule has 0 aliphatic rings. The fourth-order valence-corrected chi connectivity index (χ4v) is 2.45. The summed E-state index contributed by atoms with van der Waals surface area (Å²) >= 11 is 0. The molecule has 3 N–H and O–H groups in total. The van der Waals surface area contributed by atoms with Crippen molar-refractivity contribution in [3.63, 3.8) is 0 Å². The van der Waals surface area contributed by atoms with Crippen LogP contribution in [0.3, 0.4) is 0 Å². The Hall–Kier alpha value is -4.01. The smallest absolute Gasteiger partial charge is 0.347 e. The number of hydrogen-bond donors (Lipinski definition) is 2. The maximum atomic E-state index is 11.7. The summed E-state index contributed by atoms with van der Waals surface area (Å²) in [4.78, 5) is 26.8. The second-order valence-corrected chi connectivity index (χ2v) is 5.81. The van der Waals surface area contributed by atoms with E-state index < -0.39 is 5.91 Å². The van der Waals surface area contributed by atoms with Gasteiger partial charge in [0.2, 0.25) is 0 Å². The van der Waals surface area contributed by atoms with Crippen LogP contribution >= 0.6 is 0 Å². The second kappa shape index (κ2) is 6.71.